The SMILES string of the molecule is C/C=C\C(=C/c1ccccc1C1(C)CC1C)c1ccc(C#N)cc1. The molecule has 0 amide bonds. The summed E-state index contributed by atoms with van der Waals surface area (Å²) in [5.41, 5.74) is 6.04. The lowest BCUT2D eigenvalue weighted by Gasteiger charge is -2.15. The summed E-state index contributed by atoms with van der Waals surface area (Å²) >= 11 is 0. The Morgan fingerprint density at radius 1 is 1.17 bits per heavy atom. The second kappa shape index (κ2) is 6.49. The third kappa shape index (κ3) is 3.05. The van der Waals surface area contributed by atoms with Crippen molar-refractivity contribution in [2.24, 2.45) is 5.92 Å². The van der Waals surface area contributed by atoms with Crippen molar-refractivity contribution >= 4 is 11.6 Å². The summed E-state index contributed by atoms with van der Waals surface area (Å²) in [4.78, 5) is 0. The van der Waals surface area contributed by atoms with Gasteiger partial charge in [-0.3, -0.25) is 0 Å². The summed E-state index contributed by atoms with van der Waals surface area (Å²) in [6.45, 7) is 6.73. The highest BCUT2D eigenvalue weighted by molar-refractivity contribution is 5.88. The van der Waals surface area contributed by atoms with Crippen molar-refractivity contribution in [1.29, 1.82) is 5.26 Å². The molecule has 2 unspecified atom stereocenters. The van der Waals surface area contributed by atoms with Crippen LogP contribution >= 0.6 is 0 Å². The minimum atomic E-state index is 0.304. The number of hydrogen-bond acceptors (Lipinski definition) is 1. The lowest BCUT2D eigenvalue weighted by molar-refractivity contribution is 0.700. The van der Waals surface area contributed by atoms with E-state index < -0.39 is 0 Å². The highest BCUT2D eigenvalue weighted by Crippen LogP contribution is 2.54. The first-order valence-electron chi connectivity index (χ1n) is 8.53. The summed E-state index contributed by atoms with van der Waals surface area (Å²) in [7, 11) is 0. The fourth-order valence-corrected chi connectivity index (χ4v) is 3.41. The molecule has 1 heteroatoms. The van der Waals surface area contributed by atoms with Gasteiger partial charge >= 0.3 is 0 Å². The summed E-state index contributed by atoms with van der Waals surface area (Å²) in [5, 5.41) is 8.98. The van der Waals surface area contributed by atoms with Crippen LogP contribution in [0.2, 0.25) is 0 Å². The van der Waals surface area contributed by atoms with E-state index in [9.17, 15) is 0 Å². The molecule has 1 nitrogen and oxygen atoms in total. The molecular formula is C23H23N. The molecule has 1 aliphatic rings. The number of nitrogens with zero attached hydrogens (tertiary/aromatic N) is 1. The number of nitriles is 1. The highest BCUT2D eigenvalue weighted by atomic mass is 14.5. The molecule has 24 heavy (non-hydrogen) atoms. The highest BCUT2D eigenvalue weighted by Gasteiger charge is 2.48. The Morgan fingerprint density at radius 3 is 2.42 bits per heavy atom. The Morgan fingerprint density at radius 2 is 1.83 bits per heavy atom. The average Bonchev–Trinajstić information content (AvgIpc) is 3.23. The Kier molecular flexibility index (Phi) is 4.40. The second-order valence-corrected chi connectivity index (χ2v) is 6.90. The third-order valence-electron chi connectivity index (χ3n) is 5.24. The van der Waals surface area contributed by atoms with Gasteiger partial charge in [-0.25, -0.2) is 0 Å². The molecule has 1 saturated carbocycles. The van der Waals surface area contributed by atoms with Crippen molar-refractivity contribution in [3.8, 4) is 6.07 Å². The van der Waals surface area contributed by atoms with Crippen molar-refractivity contribution in [3.05, 3.63) is 82.9 Å². The quantitative estimate of drug-likeness (QED) is 0.503. The maximum atomic E-state index is 8.98. The van der Waals surface area contributed by atoms with Gasteiger partial charge in [0.05, 0.1) is 11.6 Å². The van der Waals surface area contributed by atoms with Crippen LogP contribution in [0.1, 0.15) is 49.4 Å². The number of rotatable bonds is 4. The van der Waals surface area contributed by atoms with E-state index in [1.54, 1.807) is 0 Å². The molecule has 120 valence electrons. The van der Waals surface area contributed by atoms with Gasteiger partial charge in [-0.1, -0.05) is 62.4 Å². The lowest BCUT2D eigenvalue weighted by Crippen LogP contribution is -2.05. The van der Waals surface area contributed by atoms with E-state index in [2.05, 4.69) is 62.4 Å². The topological polar surface area (TPSA) is 23.8 Å². The molecule has 3 rings (SSSR count). The van der Waals surface area contributed by atoms with Gasteiger partial charge in [0.1, 0.15) is 0 Å². The Balaban J connectivity index is 2.05. The van der Waals surface area contributed by atoms with E-state index in [-0.39, 0.29) is 0 Å². The molecule has 2 atom stereocenters. The van der Waals surface area contributed by atoms with Crippen LogP contribution < -0.4 is 0 Å². The minimum Gasteiger partial charge on any atom is -0.192 e. The molecule has 0 aromatic heterocycles. The van der Waals surface area contributed by atoms with Gasteiger partial charge in [0.25, 0.3) is 0 Å². The van der Waals surface area contributed by atoms with Crippen LogP contribution in [0.3, 0.4) is 0 Å². The van der Waals surface area contributed by atoms with Crippen LogP contribution in [0, 0.1) is 17.2 Å². The van der Waals surface area contributed by atoms with E-state index in [1.165, 1.54) is 23.1 Å². The number of allylic oxidation sites excluding steroid dienone is 3. The zero-order valence-electron chi connectivity index (χ0n) is 14.6. The lowest BCUT2D eigenvalue weighted by atomic mass is 9.89. The van der Waals surface area contributed by atoms with E-state index in [4.69, 9.17) is 5.26 Å². The normalized spacial score (nSPS) is 23.2. The third-order valence-corrected chi connectivity index (χ3v) is 5.24. The monoisotopic (exact) mass is 313 g/mol. The van der Waals surface area contributed by atoms with Gasteiger partial charge in [-0.15, -0.1) is 0 Å². The zero-order chi connectivity index (χ0) is 17.2. The maximum Gasteiger partial charge on any atom is 0.0991 e. The summed E-state index contributed by atoms with van der Waals surface area (Å²) in [5.74, 6) is 0.743. The molecule has 0 radical (unpaired) electrons. The van der Waals surface area contributed by atoms with Gasteiger partial charge < -0.3 is 0 Å². The van der Waals surface area contributed by atoms with Crippen molar-refractivity contribution < 1.29 is 0 Å². The second-order valence-electron chi connectivity index (χ2n) is 6.90. The van der Waals surface area contributed by atoms with E-state index in [0.717, 1.165) is 11.5 Å². The summed E-state index contributed by atoms with van der Waals surface area (Å²) in [6, 6.07) is 18.7. The molecule has 0 spiro atoms. The predicted octanol–water partition coefficient (Wildman–Crippen LogP) is 5.97. The average molecular weight is 313 g/mol. The molecule has 0 saturated heterocycles. The van der Waals surface area contributed by atoms with Gasteiger partial charge in [0, 0.05) is 0 Å². The van der Waals surface area contributed by atoms with Crippen LogP contribution in [-0.4, -0.2) is 0 Å². The van der Waals surface area contributed by atoms with E-state index >= 15 is 0 Å². The maximum absolute atomic E-state index is 8.98. The summed E-state index contributed by atoms with van der Waals surface area (Å²) < 4.78 is 0. The first kappa shape index (κ1) is 16.3. The van der Waals surface area contributed by atoms with Crippen molar-refractivity contribution in [1.82, 2.24) is 0 Å². The van der Waals surface area contributed by atoms with Crippen LogP contribution in [0.15, 0.2) is 60.7 Å². The molecule has 1 aliphatic carbocycles. The van der Waals surface area contributed by atoms with Gasteiger partial charge in [0.15, 0.2) is 0 Å². The first-order valence-corrected chi connectivity index (χ1v) is 8.53. The van der Waals surface area contributed by atoms with Crippen molar-refractivity contribution in [2.75, 3.05) is 0 Å². The van der Waals surface area contributed by atoms with Crippen LogP contribution in [0.5, 0.6) is 0 Å². The van der Waals surface area contributed by atoms with Crippen LogP contribution in [0.4, 0.5) is 0 Å². The van der Waals surface area contributed by atoms with Crippen LogP contribution in [0.25, 0.3) is 11.6 Å². The molecule has 1 fully saturated rings. The van der Waals surface area contributed by atoms with E-state index in [0.29, 0.717) is 11.0 Å². The number of hydrogen-bond donors (Lipinski definition) is 0. The Hall–Kier alpha value is -2.59. The Labute approximate surface area is 145 Å². The summed E-state index contributed by atoms with van der Waals surface area (Å²) in [6.07, 6.45) is 7.73. The molecule has 0 bridgehead atoms. The first-order chi connectivity index (χ1) is 11.6. The molecule has 2 aromatic carbocycles. The largest absolute Gasteiger partial charge is 0.192 e. The standard InChI is InChI=1S/C23H23N/c1-4-7-20(19-12-10-18(16-24)11-13-19)14-21-8-5-6-9-22(21)23(3)15-17(23)2/h4-14,17H,15H2,1-3H3/b7-4-,20-14+. The molecule has 2 aromatic rings. The zero-order valence-corrected chi connectivity index (χ0v) is 14.6. The molecule has 0 N–H and O–H groups in total. The molecular weight excluding hydrogens is 290 g/mol. The van der Waals surface area contributed by atoms with E-state index in [1.807, 2.05) is 31.2 Å². The van der Waals surface area contributed by atoms with Gasteiger partial charge in [-0.2, -0.15) is 5.26 Å². The Bertz CT molecular complexity index is 833. The van der Waals surface area contributed by atoms with Crippen molar-refractivity contribution in [2.45, 2.75) is 32.6 Å². The van der Waals surface area contributed by atoms with Gasteiger partial charge in [-0.05, 0) is 65.1 Å². The van der Waals surface area contributed by atoms with Crippen molar-refractivity contribution in [3.63, 3.8) is 0 Å². The minimum absolute atomic E-state index is 0.304. The fourth-order valence-electron chi connectivity index (χ4n) is 3.41. The smallest absolute Gasteiger partial charge is 0.0991 e. The molecule has 0 heterocycles. The fraction of sp³-hybridized carbons (Fsp3) is 0.261. The predicted molar refractivity (Wildman–Crippen MR) is 101 cm³/mol. The molecule has 0 aliphatic heterocycles. The van der Waals surface area contributed by atoms with Gasteiger partial charge in [0.2, 0.25) is 0 Å². The van der Waals surface area contributed by atoms with Crippen LogP contribution in [-0.2, 0) is 5.41 Å². The number of benzene rings is 2.